The van der Waals surface area contributed by atoms with Gasteiger partial charge >= 0.3 is 0 Å². The molecule has 3 rings (SSSR count). The smallest absolute Gasteiger partial charge is 0.240 e. The molecule has 6 heteroatoms. The van der Waals surface area contributed by atoms with Gasteiger partial charge in [-0.2, -0.15) is 4.98 Å². The molecule has 0 fully saturated rings. The van der Waals surface area contributed by atoms with Crippen molar-refractivity contribution in [2.24, 2.45) is 0 Å². The van der Waals surface area contributed by atoms with Gasteiger partial charge in [-0.3, -0.25) is 0 Å². The van der Waals surface area contributed by atoms with Crippen LogP contribution < -0.4 is 5.32 Å². The summed E-state index contributed by atoms with van der Waals surface area (Å²) in [6, 6.07) is 12.1. The third kappa shape index (κ3) is 4.06. The fourth-order valence-electron chi connectivity index (χ4n) is 2.41. The third-order valence-electron chi connectivity index (χ3n) is 3.60. The van der Waals surface area contributed by atoms with Gasteiger partial charge in [-0.25, -0.2) is 0 Å². The van der Waals surface area contributed by atoms with Crippen LogP contribution in [0.15, 0.2) is 57.9 Å². The molecule has 2 heterocycles. The summed E-state index contributed by atoms with van der Waals surface area (Å²) in [4.78, 5) is 4.35. The van der Waals surface area contributed by atoms with Gasteiger partial charge in [0.15, 0.2) is 0 Å². The number of benzene rings is 1. The van der Waals surface area contributed by atoms with Crippen LogP contribution >= 0.6 is 0 Å². The van der Waals surface area contributed by atoms with E-state index >= 15 is 0 Å². The first-order chi connectivity index (χ1) is 11.4. The summed E-state index contributed by atoms with van der Waals surface area (Å²) in [5.41, 5.74) is 1.97. The molecular weight excluding hydrogens is 294 g/mol. The van der Waals surface area contributed by atoms with Crippen LogP contribution in [0.5, 0.6) is 0 Å². The van der Waals surface area contributed by atoms with Crippen molar-refractivity contribution in [2.75, 3.05) is 6.61 Å². The first-order valence-electron chi connectivity index (χ1n) is 7.61. The maximum atomic E-state index is 9.08. The lowest BCUT2D eigenvalue weighted by molar-refractivity contribution is 0.272. The molecule has 23 heavy (non-hydrogen) atoms. The van der Waals surface area contributed by atoms with Crippen LogP contribution in [0.1, 0.15) is 30.3 Å². The highest BCUT2D eigenvalue weighted by Crippen LogP contribution is 2.20. The molecule has 3 aromatic rings. The van der Waals surface area contributed by atoms with Crippen LogP contribution in [0, 0.1) is 0 Å². The van der Waals surface area contributed by atoms with E-state index in [1.165, 1.54) is 5.56 Å². The van der Waals surface area contributed by atoms with E-state index in [4.69, 9.17) is 14.0 Å². The molecule has 0 aliphatic heterocycles. The second kappa shape index (κ2) is 7.71. The average molecular weight is 313 g/mol. The lowest BCUT2D eigenvalue weighted by Crippen LogP contribution is -2.21. The molecule has 1 unspecified atom stereocenters. The molecule has 0 saturated heterocycles. The zero-order chi connectivity index (χ0) is 15.9. The van der Waals surface area contributed by atoms with Gasteiger partial charge in [-0.15, -0.1) is 0 Å². The maximum Gasteiger partial charge on any atom is 0.240 e. The molecule has 0 spiro atoms. The van der Waals surface area contributed by atoms with Gasteiger partial charge in [0.2, 0.25) is 11.7 Å². The van der Waals surface area contributed by atoms with Crippen LogP contribution in [-0.4, -0.2) is 21.9 Å². The maximum absolute atomic E-state index is 9.08. The first-order valence-corrected chi connectivity index (χ1v) is 7.61. The predicted molar refractivity (Wildman–Crippen MR) is 84.3 cm³/mol. The Kier molecular flexibility index (Phi) is 5.18. The zero-order valence-electron chi connectivity index (χ0n) is 12.7. The summed E-state index contributed by atoms with van der Waals surface area (Å²) in [6.07, 6.45) is 4.72. The second-order valence-corrected chi connectivity index (χ2v) is 5.23. The van der Waals surface area contributed by atoms with E-state index in [-0.39, 0.29) is 12.6 Å². The molecule has 120 valence electrons. The van der Waals surface area contributed by atoms with Crippen molar-refractivity contribution in [1.82, 2.24) is 15.5 Å². The van der Waals surface area contributed by atoms with Crippen molar-refractivity contribution in [3.8, 4) is 11.4 Å². The van der Waals surface area contributed by atoms with Crippen LogP contribution in [0.4, 0.5) is 0 Å². The molecule has 1 atom stereocenters. The van der Waals surface area contributed by atoms with Crippen molar-refractivity contribution >= 4 is 0 Å². The summed E-state index contributed by atoms with van der Waals surface area (Å²) in [7, 11) is 0. The minimum Gasteiger partial charge on any atom is -0.472 e. The van der Waals surface area contributed by atoms with E-state index < -0.39 is 0 Å². The van der Waals surface area contributed by atoms with Gasteiger partial charge in [0.05, 0.1) is 18.4 Å². The van der Waals surface area contributed by atoms with E-state index in [1.54, 1.807) is 18.6 Å². The summed E-state index contributed by atoms with van der Waals surface area (Å²) in [5.74, 6) is 1.04. The summed E-state index contributed by atoms with van der Waals surface area (Å²) >= 11 is 0. The van der Waals surface area contributed by atoms with Crippen LogP contribution in [0.3, 0.4) is 0 Å². The minimum atomic E-state index is 0.132. The zero-order valence-corrected chi connectivity index (χ0v) is 12.7. The summed E-state index contributed by atoms with van der Waals surface area (Å²) in [6.45, 7) is 0.645. The van der Waals surface area contributed by atoms with Crippen LogP contribution in [0.25, 0.3) is 11.4 Å². The lowest BCUT2D eigenvalue weighted by atomic mass is 10.0. The Balaban J connectivity index is 1.64. The number of hydrogen-bond donors (Lipinski definition) is 2. The van der Waals surface area contributed by atoms with E-state index in [1.807, 2.05) is 18.2 Å². The quantitative estimate of drug-likeness (QED) is 0.665. The van der Waals surface area contributed by atoms with Crippen molar-refractivity contribution in [2.45, 2.75) is 25.4 Å². The fourth-order valence-corrected chi connectivity index (χ4v) is 2.41. The Morgan fingerprint density at radius 3 is 2.78 bits per heavy atom. The fraction of sp³-hybridized carbons (Fsp3) is 0.294. The topological polar surface area (TPSA) is 84.3 Å². The monoisotopic (exact) mass is 313 g/mol. The molecule has 0 aliphatic rings. The van der Waals surface area contributed by atoms with Crippen molar-refractivity contribution in [3.63, 3.8) is 0 Å². The van der Waals surface area contributed by atoms with Gasteiger partial charge in [0.1, 0.15) is 6.26 Å². The number of aliphatic hydroxyl groups excluding tert-OH is 1. The Hall–Kier alpha value is -2.44. The van der Waals surface area contributed by atoms with Crippen molar-refractivity contribution in [1.29, 1.82) is 0 Å². The molecule has 2 aromatic heterocycles. The highest BCUT2D eigenvalue weighted by molar-refractivity contribution is 5.51. The van der Waals surface area contributed by atoms with E-state index in [0.29, 0.717) is 18.3 Å². The number of furan rings is 1. The molecule has 0 radical (unpaired) electrons. The Labute approximate surface area is 134 Å². The highest BCUT2D eigenvalue weighted by Gasteiger charge is 2.14. The Bertz CT molecular complexity index is 695. The van der Waals surface area contributed by atoms with E-state index in [0.717, 1.165) is 18.4 Å². The highest BCUT2D eigenvalue weighted by atomic mass is 16.5. The average Bonchev–Trinajstić information content (AvgIpc) is 3.27. The number of hydrogen-bond acceptors (Lipinski definition) is 6. The summed E-state index contributed by atoms with van der Waals surface area (Å²) in [5, 5.41) is 16.4. The molecular formula is C17H19N3O3. The van der Waals surface area contributed by atoms with Gasteiger partial charge in [0, 0.05) is 12.6 Å². The number of nitrogens with zero attached hydrogens (tertiary/aromatic N) is 2. The standard InChI is InChI=1S/C17H19N3O3/c21-9-4-7-15(13-5-2-1-3-6-13)18-11-16-19-17(20-23-16)14-8-10-22-12-14/h1-3,5-6,8,10,12,15,18,21H,4,7,9,11H2. The van der Waals surface area contributed by atoms with Gasteiger partial charge in [-0.1, -0.05) is 35.5 Å². The number of aromatic nitrogens is 2. The molecule has 0 amide bonds. The van der Waals surface area contributed by atoms with Gasteiger partial charge in [-0.05, 0) is 24.5 Å². The molecule has 0 bridgehead atoms. The molecule has 2 N–H and O–H groups in total. The number of aliphatic hydroxyl groups is 1. The number of rotatable bonds is 8. The van der Waals surface area contributed by atoms with E-state index in [9.17, 15) is 0 Å². The molecule has 0 aliphatic carbocycles. The Morgan fingerprint density at radius 2 is 2.04 bits per heavy atom. The normalized spacial score (nSPS) is 12.4. The largest absolute Gasteiger partial charge is 0.472 e. The molecule has 1 aromatic carbocycles. The lowest BCUT2D eigenvalue weighted by Gasteiger charge is -2.17. The first kappa shape index (κ1) is 15.5. The van der Waals surface area contributed by atoms with E-state index in [2.05, 4.69) is 27.6 Å². The van der Waals surface area contributed by atoms with Crippen molar-refractivity contribution in [3.05, 3.63) is 60.4 Å². The van der Waals surface area contributed by atoms with Gasteiger partial charge in [0.25, 0.3) is 0 Å². The predicted octanol–water partition coefficient (Wildman–Crippen LogP) is 2.93. The third-order valence-corrected chi connectivity index (χ3v) is 3.60. The molecule has 6 nitrogen and oxygen atoms in total. The molecule has 0 saturated carbocycles. The second-order valence-electron chi connectivity index (χ2n) is 5.23. The van der Waals surface area contributed by atoms with Crippen LogP contribution in [0.2, 0.25) is 0 Å². The number of nitrogens with one attached hydrogen (secondary N) is 1. The van der Waals surface area contributed by atoms with Gasteiger partial charge < -0.3 is 19.4 Å². The summed E-state index contributed by atoms with van der Waals surface area (Å²) < 4.78 is 10.3. The van der Waals surface area contributed by atoms with Crippen LogP contribution in [-0.2, 0) is 6.54 Å². The van der Waals surface area contributed by atoms with Crippen molar-refractivity contribution < 1.29 is 14.0 Å². The Morgan fingerprint density at radius 1 is 1.17 bits per heavy atom. The minimum absolute atomic E-state index is 0.132. The SMILES string of the molecule is OCCCC(NCc1nc(-c2ccoc2)no1)c1ccccc1.